The fourth-order valence-electron chi connectivity index (χ4n) is 1.40. The first-order valence-corrected chi connectivity index (χ1v) is 5.88. The van der Waals surface area contributed by atoms with Gasteiger partial charge in [-0.15, -0.1) is 0 Å². The van der Waals surface area contributed by atoms with Gasteiger partial charge < -0.3 is 9.84 Å². The predicted octanol–water partition coefficient (Wildman–Crippen LogP) is 0.409. The van der Waals surface area contributed by atoms with Crippen LogP contribution in [0.5, 0.6) is 0 Å². The van der Waals surface area contributed by atoms with E-state index in [0.717, 1.165) is 0 Å². The van der Waals surface area contributed by atoms with Crippen molar-refractivity contribution >= 4 is 17.5 Å². The highest BCUT2D eigenvalue weighted by Gasteiger charge is 2.09. The van der Waals surface area contributed by atoms with E-state index in [0.29, 0.717) is 11.7 Å². The molecule has 3 aromatic heterocycles. The van der Waals surface area contributed by atoms with Gasteiger partial charge in [0.2, 0.25) is 17.1 Å². The Bertz CT molecular complexity index is 710. The van der Waals surface area contributed by atoms with Gasteiger partial charge >= 0.3 is 0 Å². The number of aryl methyl sites for hydroxylation is 1. The van der Waals surface area contributed by atoms with E-state index in [1.54, 1.807) is 6.92 Å². The van der Waals surface area contributed by atoms with Crippen molar-refractivity contribution in [3.8, 4) is 5.95 Å². The largest absolute Gasteiger partial charge is 0.345 e. The number of hydrogen-bond acceptors (Lipinski definition) is 9. The Labute approximate surface area is 117 Å². The van der Waals surface area contributed by atoms with Crippen LogP contribution in [0.3, 0.4) is 0 Å². The van der Waals surface area contributed by atoms with Gasteiger partial charge in [0, 0.05) is 0 Å². The van der Waals surface area contributed by atoms with E-state index in [2.05, 4.69) is 40.5 Å². The molecule has 0 aliphatic carbocycles. The molecule has 0 aliphatic heterocycles. The van der Waals surface area contributed by atoms with E-state index in [-0.39, 0.29) is 23.7 Å². The highest BCUT2D eigenvalue weighted by Crippen LogP contribution is 2.09. The van der Waals surface area contributed by atoms with Gasteiger partial charge in [0.05, 0.1) is 6.54 Å². The lowest BCUT2D eigenvalue weighted by Gasteiger charge is -2.04. The predicted molar refractivity (Wildman–Crippen MR) is 66.1 cm³/mol. The van der Waals surface area contributed by atoms with Gasteiger partial charge in [-0.25, -0.2) is 4.98 Å². The molecule has 0 spiro atoms. The van der Waals surface area contributed by atoms with Gasteiger partial charge in [-0.1, -0.05) is 5.16 Å². The van der Waals surface area contributed by atoms with Crippen LogP contribution in [0, 0.1) is 6.92 Å². The number of rotatable bonds is 4. The Morgan fingerprint density at radius 1 is 1.30 bits per heavy atom. The molecule has 0 aromatic carbocycles. The summed E-state index contributed by atoms with van der Waals surface area (Å²) >= 11 is 5.84. The molecule has 1 N–H and O–H groups in total. The van der Waals surface area contributed by atoms with Crippen LogP contribution >= 0.6 is 11.6 Å². The van der Waals surface area contributed by atoms with Gasteiger partial charge in [-0.2, -0.15) is 29.7 Å². The second kappa shape index (κ2) is 5.17. The van der Waals surface area contributed by atoms with Crippen molar-refractivity contribution in [1.29, 1.82) is 0 Å². The Balaban J connectivity index is 1.79. The minimum Gasteiger partial charge on any atom is -0.345 e. The first-order valence-electron chi connectivity index (χ1n) is 5.50. The maximum absolute atomic E-state index is 5.84. The zero-order valence-corrected chi connectivity index (χ0v) is 11.0. The Hall–Kier alpha value is -2.62. The third kappa shape index (κ3) is 2.69. The minimum atomic E-state index is 0.0368. The molecule has 10 nitrogen and oxygen atoms in total. The van der Waals surface area contributed by atoms with Crippen molar-refractivity contribution in [2.24, 2.45) is 0 Å². The third-order valence-electron chi connectivity index (χ3n) is 2.19. The summed E-state index contributed by atoms with van der Waals surface area (Å²) < 4.78 is 6.33. The van der Waals surface area contributed by atoms with Crippen LogP contribution in [-0.2, 0) is 6.54 Å². The smallest absolute Gasteiger partial charge is 0.258 e. The van der Waals surface area contributed by atoms with Gasteiger partial charge in [0.25, 0.3) is 5.95 Å². The topological polar surface area (TPSA) is 120 Å². The third-order valence-corrected chi connectivity index (χ3v) is 2.36. The molecule has 0 saturated heterocycles. The lowest BCUT2D eigenvalue weighted by molar-refractivity contribution is 0.379. The van der Waals surface area contributed by atoms with Gasteiger partial charge in [0.15, 0.2) is 5.82 Å². The summed E-state index contributed by atoms with van der Waals surface area (Å²) in [5.74, 6) is 1.50. The van der Waals surface area contributed by atoms with E-state index in [4.69, 9.17) is 16.1 Å². The van der Waals surface area contributed by atoms with Gasteiger partial charge in [-0.3, -0.25) is 0 Å². The van der Waals surface area contributed by atoms with Crippen LogP contribution in [0.25, 0.3) is 5.95 Å². The molecule has 0 atom stereocenters. The highest BCUT2D eigenvalue weighted by atomic mass is 35.5. The monoisotopic (exact) mass is 293 g/mol. The standard InChI is InChI=1S/C9H8ClN9O/c1-5-14-6(20-18-5)2-12-8-15-7(10)16-9(17-8)19-4-11-3-13-19/h3-4H,2H2,1H3,(H,12,15,16,17). The average Bonchev–Trinajstić information content (AvgIpc) is 3.07. The van der Waals surface area contributed by atoms with Crippen LogP contribution in [0.1, 0.15) is 11.7 Å². The second-order valence-electron chi connectivity index (χ2n) is 3.66. The molecular formula is C9H8ClN9O. The quantitative estimate of drug-likeness (QED) is 0.728. The van der Waals surface area contributed by atoms with E-state index >= 15 is 0 Å². The molecule has 11 heteroatoms. The zero-order valence-electron chi connectivity index (χ0n) is 10.2. The number of halogens is 1. The number of nitrogens with one attached hydrogen (secondary N) is 1. The molecule has 102 valence electrons. The second-order valence-corrected chi connectivity index (χ2v) is 4.00. The number of hydrogen-bond donors (Lipinski definition) is 1. The van der Waals surface area contributed by atoms with Crippen molar-refractivity contribution in [1.82, 2.24) is 39.9 Å². The summed E-state index contributed by atoms with van der Waals surface area (Å²) in [6.07, 6.45) is 2.82. The molecular weight excluding hydrogens is 286 g/mol. The van der Waals surface area contributed by atoms with Crippen LogP contribution in [0.4, 0.5) is 5.95 Å². The van der Waals surface area contributed by atoms with Crippen LogP contribution in [-0.4, -0.2) is 39.9 Å². The van der Waals surface area contributed by atoms with Crippen LogP contribution in [0.15, 0.2) is 17.2 Å². The van der Waals surface area contributed by atoms with E-state index in [1.807, 2.05) is 0 Å². The summed E-state index contributed by atoms with van der Waals surface area (Å²) in [4.78, 5) is 19.9. The molecule has 0 bridgehead atoms. The zero-order chi connectivity index (χ0) is 13.9. The molecule has 0 fully saturated rings. The average molecular weight is 294 g/mol. The van der Waals surface area contributed by atoms with Crippen molar-refractivity contribution in [2.75, 3.05) is 5.32 Å². The van der Waals surface area contributed by atoms with Gasteiger partial charge in [-0.05, 0) is 18.5 Å². The van der Waals surface area contributed by atoms with Crippen LogP contribution in [0.2, 0.25) is 5.28 Å². The van der Waals surface area contributed by atoms with E-state index < -0.39 is 0 Å². The number of aromatic nitrogens is 8. The van der Waals surface area contributed by atoms with Crippen molar-refractivity contribution < 1.29 is 4.52 Å². The lowest BCUT2D eigenvalue weighted by atomic mass is 10.6. The molecule has 3 aromatic rings. The summed E-state index contributed by atoms with van der Waals surface area (Å²) in [5, 5.41) is 10.5. The Morgan fingerprint density at radius 2 is 2.20 bits per heavy atom. The van der Waals surface area contributed by atoms with Crippen molar-refractivity contribution in [3.05, 3.63) is 29.7 Å². The Morgan fingerprint density at radius 3 is 2.90 bits per heavy atom. The Kier molecular flexibility index (Phi) is 3.21. The first-order chi connectivity index (χ1) is 9.70. The molecule has 3 heterocycles. The number of nitrogens with zero attached hydrogens (tertiary/aromatic N) is 8. The molecule has 3 rings (SSSR count). The highest BCUT2D eigenvalue weighted by molar-refractivity contribution is 6.28. The SMILES string of the molecule is Cc1noc(CNc2nc(Cl)nc(-n3cncn3)n2)n1. The fourth-order valence-corrected chi connectivity index (χ4v) is 1.55. The fraction of sp³-hybridized carbons (Fsp3) is 0.222. The normalized spacial score (nSPS) is 10.7. The molecule has 20 heavy (non-hydrogen) atoms. The minimum absolute atomic E-state index is 0.0368. The maximum Gasteiger partial charge on any atom is 0.258 e. The van der Waals surface area contributed by atoms with Gasteiger partial charge in [0.1, 0.15) is 12.7 Å². The summed E-state index contributed by atoms with van der Waals surface area (Å²) in [6, 6.07) is 0. The van der Waals surface area contributed by atoms with Crippen molar-refractivity contribution in [3.63, 3.8) is 0 Å². The summed E-state index contributed by atoms with van der Waals surface area (Å²) in [7, 11) is 0. The molecule has 0 radical (unpaired) electrons. The van der Waals surface area contributed by atoms with Crippen molar-refractivity contribution in [2.45, 2.75) is 13.5 Å². The van der Waals surface area contributed by atoms with E-state index in [9.17, 15) is 0 Å². The summed E-state index contributed by atoms with van der Waals surface area (Å²) in [6.45, 7) is 2.01. The maximum atomic E-state index is 5.84. The molecule has 0 amide bonds. The molecule has 0 unspecified atom stereocenters. The summed E-state index contributed by atoms with van der Waals surface area (Å²) in [5.41, 5.74) is 0. The van der Waals surface area contributed by atoms with E-state index in [1.165, 1.54) is 17.3 Å². The lowest BCUT2D eigenvalue weighted by Crippen LogP contribution is -2.09. The number of anilines is 1. The first kappa shape index (κ1) is 12.4. The van der Waals surface area contributed by atoms with Crippen LogP contribution < -0.4 is 5.32 Å². The molecule has 0 aliphatic rings. The molecule has 0 saturated carbocycles.